The van der Waals surface area contributed by atoms with Gasteiger partial charge in [-0.3, -0.25) is 14.4 Å². The quantitative estimate of drug-likeness (QED) is 0.918. The van der Waals surface area contributed by atoms with Gasteiger partial charge < -0.3 is 5.32 Å². The van der Waals surface area contributed by atoms with Gasteiger partial charge in [-0.25, -0.2) is 4.98 Å². The second kappa shape index (κ2) is 5.72. The fraction of sp³-hybridized carbons (Fsp3) is 0.462. The summed E-state index contributed by atoms with van der Waals surface area (Å²) in [4.78, 5) is 18.1. The zero-order valence-electron chi connectivity index (χ0n) is 11.3. The van der Waals surface area contributed by atoms with Crippen molar-refractivity contribution in [2.45, 2.75) is 19.0 Å². The summed E-state index contributed by atoms with van der Waals surface area (Å²) < 4.78 is 2.08. The number of likely N-dealkylation sites (N-methyl/N-ethyl adjacent to an activating group) is 1. The van der Waals surface area contributed by atoms with Gasteiger partial charge in [0.1, 0.15) is 5.69 Å². The van der Waals surface area contributed by atoms with Gasteiger partial charge in [0.25, 0.3) is 5.91 Å². The third kappa shape index (κ3) is 2.73. The molecule has 20 heavy (non-hydrogen) atoms. The molecule has 2 aromatic heterocycles. The number of carbonyl (C=O) groups excluding carboxylic acids is 1. The summed E-state index contributed by atoms with van der Waals surface area (Å²) in [6.07, 6.45) is 2.71. The molecule has 2 aromatic rings. The fourth-order valence-corrected chi connectivity index (χ4v) is 3.09. The molecular weight excluding hydrogens is 274 g/mol. The highest BCUT2D eigenvalue weighted by molar-refractivity contribution is 7.07. The van der Waals surface area contributed by atoms with E-state index in [-0.39, 0.29) is 5.91 Å². The van der Waals surface area contributed by atoms with Crippen molar-refractivity contribution in [3.05, 3.63) is 34.5 Å². The molecule has 0 aromatic carbocycles. The zero-order valence-corrected chi connectivity index (χ0v) is 12.1. The van der Waals surface area contributed by atoms with Crippen molar-refractivity contribution >= 4 is 17.2 Å². The first-order valence-corrected chi connectivity index (χ1v) is 7.55. The molecule has 1 atom stereocenters. The van der Waals surface area contributed by atoms with Gasteiger partial charge in [0.05, 0.1) is 17.2 Å². The molecule has 0 radical (unpaired) electrons. The van der Waals surface area contributed by atoms with Crippen LogP contribution in [0.3, 0.4) is 0 Å². The first kappa shape index (κ1) is 13.3. The van der Waals surface area contributed by atoms with Crippen LogP contribution < -0.4 is 5.32 Å². The highest BCUT2D eigenvalue weighted by atomic mass is 32.1. The maximum absolute atomic E-state index is 11.8. The number of thiazole rings is 1. The first-order chi connectivity index (χ1) is 9.74. The number of rotatable bonds is 4. The van der Waals surface area contributed by atoms with Gasteiger partial charge in [-0.2, -0.15) is 5.10 Å². The van der Waals surface area contributed by atoms with E-state index in [9.17, 15) is 4.79 Å². The van der Waals surface area contributed by atoms with Crippen LogP contribution in [0.25, 0.3) is 0 Å². The Bertz CT molecular complexity index is 579. The number of aromatic nitrogens is 3. The van der Waals surface area contributed by atoms with Crippen molar-refractivity contribution in [2.75, 3.05) is 20.1 Å². The summed E-state index contributed by atoms with van der Waals surface area (Å²) in [5, 5.41) is 9.06. The Morgan fingerprint density at radius 2 is 2.50 bits per heavy atom. The van der Waals surface area contributed by atoms with E-state index in [4.69, 9.17) is 0 Å². The topological polar surface area (TPSA) is 63.1 Å². The monoisotopic (exact) mass is 291 g/mol. The minimum absolute atomic E-state index is 0.101. The maximum atomic E-state index is 11.8. The Morgan fingerprint density at radius 1 is 1.60 bits per heavy atom. The van der Waals surface area contributed by atoms with E-state index in [1.54, 1.807) is 10.9 Å². The largest absolute Gasteiger partial charge is 0.351 e. The van der Waals surface area contributed by atoms with Crippen molar-refractivity contribution < 1.29 is 4.79 Å². The predicted octanol–water partition coefficient (Wildman–Crippen LogP) is 1.15. The smallest absolute Gasteiger partial charge is 0.270 e. The lowest BCUT2D eigenvalue weighted by molar-refractivity contribution is 0.0944. The van der Waals surface area contributed by atoms with E-state index >= 15 is 0 Å². The molecule has 1 aliphatic heterocycles. The maximum Gasteiger partial charge on any atom is 0.270 e. The molecule has 0 bridgehead atoms. The van der Waals surface area contributed by atoms with Crippen LogP contribution >= 0.6 is 11.3 Å². The van der Waals surface area contributed by atoms with Crippen LogP contribution in [0, 0.1) is 0 Å². The molecule has 106 valence electrons. The first-order valence-electron chi connectivity index (χ1n) is 6.61. The number of fused-ring (bicyclic) bond motifs is 1. The van der Waals surface area contributed by atoms with E-state index in [2.05, 4.69) is 38.1 Å². The standard InChI is InChI=1S/C13H17N5OS/c1-17-6-10(18-11(7-17)3-5-16-18)2-4-14-13(19)12-8-20-9-15-12/h3,5,8-10H,2,4,6-7H2,1H3,(H,14,19). The lowest BCUT2D eigenvalue weighted by Gasteiger charge is -2.31. The lowest BCUT2D eigenvalue weighted by Crippen LogP contribution is -2.37. The van der Waals surface area contributed by atoms with Crippen LogP contribution in [0.5, 0.6) is 0 Å². The van der Waals surface area contributed by atoms with Gasteiger partial charge >= 0.3 is 0 Å². The van der Waals surface area contributed by atoms with Crippen molar-refractivity contribution in [2.24, 2.45) is 0 Å². The second-order valence-electron chi connectivity index (χ2n) is 5.04. The van der Waals surface area contributed by atoms with E-state index in [1.807, 2.05) is 6.20 Å². The Labute approximate surface area is 121 Å². The van der Waals surface area contributed by atoms with Gasteiger partial charge in [0, 0.05) is 31.2 Å². The molecule has 0 fully saturated rings. The number of nitrogens with one attached hydrogen (secondary N) is 1. The van der Waals surface area contributed by atoms with Crippen LogP contribution in [0.2, 0.25) is 0 Å². The fourth-order valence-electron chi connectivity index (χ4n) is 2.55. The second-order valence-corrected chi connectivity index (χ2v) is 5.75. The highest BCUT2D eigenvalue weighted by Crippen LogP contribution is 2.21. The molecule has 0 aliphatic carbocycles. The summed E-state index contributed by atoms with van der Waals surface area (Å²) in [5.41, 5.74) is 3.39. The zero-order chi connectivity index (χ0) is 13.9. The van der Waals surface area contributed by atoms with Crippen LogP contribution in [-0.2, 0) is 6.54 Å². The van der Waals surface area contributed by atoms with Crippen molar-refractivity contribution in [3.8, 4) is 0 Å². The summed E-state index contributed by atoms with van der Waals surface area (Å²) in [7, 11) is 2.11. The number of hydrogen-bond donors (Lipinski definition) is 1. The summed E-state index contributed by atoms with van der Waals surface area (Å²) >= 11 is 1.43. The van der Waals surface area contributed by atoms with E-state index in [1.165, 1.54) is 17.0 Å². The number of hydrogen-bond acceptors (Lipinski definition) is 5. The minimum atomic E-state index is -0.101. The summed E-state index contributed by atoms with van der Waals surface area (Å²) in [6.45, 7) is 2.52. The Kier molecular flexibility index (Phi) is 3.79. The normalized spacial score (nSPS) is 18.8. The van der Waals surface area contributed by atoms with Crippen LogP contribution in [0.1, 0.15) is 28.6 Å². The molecular formula is C13H17N5OS. The molecule has 3 heterocycles. The molecule has 7 heteroatoms. The van der Waals surface area contributed by atoms with Crippen LogP contribution in [0.4, 0.5) is 0 Å². The van der Waals surface area contributed by atoms with E-state index in [0.717, 1.165) is 19.5 Å². The Hall–Kier alpha value is -1.73. The van der Waals surface area contributed by atoms with Crippen molar-refractivity contribution in [1.29, 1.82) is 0 Å². The average Bonchev–Trinajstić information content (AvgIpc) is 3.09. The molecule has 3 rings (SSSR count). The van der Waals surface area contributed by atoms with E-state index < -0.39 is 0 Å². The number of carbonyl (C=O) groups is 1. The van der Waals surface area contributed by atoms with Crippen LogP contribution in [-0.4, -0.2) is 45.7 Å². The van der Waals surface area contributed by atoms with Crippen molar-refractivity contribution in [3.63, 3.8) is 0 Å². The number of nitrogens with zero attached hydrogens (tertiary/aromatic N) is 4. The molecule has 1 amide bonds. The van der Waals surface area contributed by atoms with E-state index in [0.29, 0.717) is 18.3 Å². The van der Waals surface area contributed by atoms with Gasteiger partial charge in [-0.15, -0.1) is 11.3 Å². The third-order valence-electron chi connectivity index (χ3n) is 3.48. The third-order valence-corrected chi connectivity index (χ3v) is 4.07. The predicted molar refractivity (Wildman–Crippen MR) is 76.7 cm³/mol. The van der Waals surface area contributed by atoms with Gasteiger partial charge in [0.15, 0.2) is 0 Å². The molecule has 1 unspecified atom stereocenters. The molecule has 0 saturated heterocycles. The lowest BCUT2D eigenvalue weighted by atomic mass is 10.1. The molecule has 0 saturated carbocycles. The number of amides is 1. The van der Waals surface area contributed by atoms with Crippen LogP contribution in [0.15, 0.2) is 23.2 Å². The molecule has 1 N–H and O–H groups in total. The van der Waals surface area contributed by atoms with Gasteiger partial charge in [-0.1, -0.05) is 0 Å². The highest BCUT2D eigenvalue weighted by Gasteiger charge is 2.23. The Balaban J connectivity index is 1.56. The average molecular weight is 291 g/mol. The minimum Gasteiger partial charge on any atom is -0.351 e. The molecule has 0 spiro atoms. The van der Waals surface area contributed by atoms with Crippen molar-refractivity contribution in [1.82, 2.24) is 25.0 Å². The summed E-state index contributed by atoms with van der Waals surface area (Å²) in [5.74, 6) is -0.101. The molecule has 6 nitrogen and oxygen atoms in total. The van der Waals surface area contributed by atoms with Gasteiger partial charge in [-0.05, 0) is 19.5 Å². The SMILES string of the molecule is CN1Cc2ccnn2C(CCNC(=O)c2cscn2)C1. The summed E-state index contributed by atoms with van der Waals surface area (Å²) in [6, 6.07) is 2.37. The Morgan fingerprint density at radius 3 is 3.30 bits per heavy atom. The molecule has 1 aliphatic rings. The van der Waals surface area contributed by atoms with Gasteiger partial charge in [0.2, 0.25) is 0 Å².